The molecule has 0 bridgehead atoms. The number of hydrogen-bond donors (Lipinski definition) is 2. The molecule has 6 heteroatoms. The minimum Gasteiger partial charge on any atom is -0.394 e. The Morgan fingerprint density at radius 2 is 2.00 bits per heavy atom. The van der Waals surface area contributed by atoms with E-state index >= 15 is 0 Å². The molecule has 0 aliphatic heterocycles. The zero-order chi connectivity index (χ0) is 18.0. The van der Waals surface area contributed by atoms with Crippen LogP contribution in [0.3, 0.4) is 0 Å². The van der Waals surface area contributed by atoms with Crippen molar-refractivity contribution in [2.75, 3.05) is 6.61 Å². The third-order valence-electron chi connectivity index (χ3n) is 4.47. The predicted molar refractivity (Wildman–Crippen MR) is 95.9 cm³/mol. The van der Waals surface area contributed by atoms with E-state index in [0.717, 1.165) is 30.6 Å². The molecule has 1 atom stereocenters. The number of aliphatic hydroxyl groups is 1. The standard InChI is InChI=1S/C19H26N4O2/c1-12(2)10-15(11-24)20-19(25)17-18(14-6-7-14)23(22-21-17)16-8-4-13(3)5-9-16/h4-5,8-9,12,14-15,24H,6-7,10-11H2,1-3H3,(H,20,25). The second kappa shape index (κ2) is 7.35. The molecule has 1 unspecified atom stereocenters. The normalized spacial score (nSPS) is 15.4. The summed E-state index contributed by atoms with van der Waals surface area (Å²) in [5.41, 5.74) is 3.35. The van der Waals surface area contributed by atoms with Crippen LogP contribution < -0.4 is 5.32 Å². The van der Waals surface area contributed by atoms with Crippen molar-refractivity contribution in [3.8, 4) is 5.69 Å². The Labute approximate surface area is 148 Å². The average Bonchev–Trinajstić information content (AvgIpc) is 3.32. The van der Waals surface area contributed by atoms with E-state index in [9.17, 15) is 9.90 Å². The molecule has 1 aliphatic carbocycles. The highest BCUT2D eigenvalue weighted by Crippen LogP contribution is 2.42. The zero-order valence-corrected chi connectivity index (χ0v) is 15.1. The monoisotopic (exact) mass is 342 g/mol. The number of aromatic nitrogens is 3. The molecule has 0 radical (unpaired) electrons. The van der Waals surface area contributed by atoms with Crippen molar-refractivity contribution in [1.29, 1.82) is 0 Å². The smallest absolute Gasteiger partial charge is 0.274 e. The van der Waals surface area contributed by atoms with Gasteiger partial charge in [0.15, 0.2) is 5.69 Å². The minimum atomic E-state index is -0.260. The molecule has 0 saturated heterocycles. The lowest BCUT2D eigenvalue weighted by molar-refractivity contribution is 0.0902. The number of carbonyl (C=O) groups is 1. The Bertz CT molecular complexity index is 732. The first kappa shape index (κ1) is 17.6. The number of rotatable bonds is 7. The van der Waals surface area contributed by atoms with Crippen LogP contribution in [0.4, 0.5) is 0 Å². The number of amides is 1. The first-order valence-corrected chi connectivity index (χ1v) is 8.94. The maximum absolute atomic E-state index is 12.7. The van der Waals surface area contributed by atoms with E-state index in [0.29, 0.717) is 17.5 Å². The maximum Gasteiger partial charge on any atom is 0.274 e. The van der Waals surface area contributed by atoms with Gasteiger partial charge in [-0.25, -0.2) is 4.68 Å². The lowest BCUT2D eigenvalue weighted by Gasteiger charge is -2.18. The zero-order valence-electron chi connectivity index (χ0n) is 15.1. The first-order chi connectivity index (χ1) is 12.0. The Morgan fingerprint density at radius 1 is 1.32 bits per heavy atom. The lowest BCUT2D eigenvalue weighted by Crippen LogP contribution is -2.39. The van der Waals surface area contributed by atoms with Gasteiger partial charge in [0.05, 0.1) is 24.0 Å². The van der Waals surface area contributed by atoms with Crippen molar-refractivity contribution in [3.05, 3.63) is 41.2 Å². The largest absolute Gasteiger partial charge is 0.394 e. The fraction of sp³-hybridized carbons (Fsp3) is 0.526. The highest BCUT2D eigenvalue weighted by molar-refractivity contribution is 5.94. The van der Waals surface area contributed by atoms with Crippen LogP contribution >= 0.6 is 0 Å². The Hall–Kier alpha value is -2.21. The van der Waals surface area contributed by atoms with Crippen LogP contribution in [-0.4, -0.2) is 38.7 Å². The van der Waals surface area contributed by atoms with E-state index in [1.807, 2.05) is 31.2 Å². The van der Waals surface area contributed by atoms with Gasteiger partial charge in [-0.1, -0.05) is 36.8 Å². The van der Waals surface area contributed by atoms with Gasteiger partial charge in [0.25, 0.3) is 5.91 Å². The summed E-state index contributed by atoms with van der Waals surface area (Å²) in [6.07, 6.45) is 2.83. The van der Waals surface area contributed by atoms with Crippen LogP contribution in [-0.2, 0) is 0 Å². The molecule has 1 aliphatic rings. The third kappa shape index (κ3) is 4.07. The van der Waals surface area contributed by atoms with Gasteiger partial charge >= 0.3 is 0 Å². The average molecular weight is 342 g/mol. The van der Waals surface area contributed by atoms with Crippen molar-refractivity contribution >= 4 is 5.91 Å². The summed E-state index contributed by atoms with van der Waals surface area (Å²) < 4.78 is 1.78. The number of hydrogen-bond acceptors (Lipinski definition) is 4. The molecule has 2 N–H and O–H groups in total. The number of benzene rings is 1. The number of carbonyl (C=O) groups excluding carboxylic acids is 1. The molecule has 1 saturated carbocycles. The molecular formula is C19H26N4O2. The second-order valence-electron chi connectivity index (χ2n) is 7.33. The highest BCUT2D eigenvalue weighted by Gasteiger charge is 2.34. The molecule has 3 rings (SSSR count). The second-order valence-corrected chi connectivity index (χ2v) is 7.33. The Morgan fingerprint density at radius 3 is 2.56 bits per heavy atom. The summed E-state index contributed by atoms with van der Waals surface area (Å²) in [6.45, 7) is 6.10. The summed E-state index contributed by atoms with van der Waals surface area (Å²) in [5, 5.41) is 20.8. The van der Waals surface area contributed by atoms with Crippen molar-refractivity contribution in [1.82, 2.24) is 20.3 Å². The van der Waals surface area contributed by atoms with Crippen LogP contribution in [0.15, 0.2) is 24.3 Å². The number of nitrogens with zero attached hydrogens (tertiary/aromatic N) is 3. The van der Waals surface area contributed by atoms with Crippen LogP contribution in [0.1, 0.15) is 60.8 Å². The number of aryl methyl sites for hydroxylation is 1. The first-order valence-electron chi connectivity index (χ1n) is 8.94. The predicted octanol–water partition coefficient (Wildman–Crippen LogP) is 2.59. The van der Waals surface area contributed by atoms with Gasteiger partial charge in [-0.2, -0.15) is 0 Å². The Balaban J connectivity index is 1.87. The number of nitrogens with one attached hydrogen (secondary N) is 1. The quantitative estimate of drug-likeness (QED) is 0.810. The fourth-order valence-corrected chi connectivity index (χ4v) is 3.05. The van der Waals surface area contributed by atoms with Gasteiger partial charge in [0, 0.05) is 5.92 Å². The molecule has 134 valence electrons. The van der Waals surface area contributed by atoms with Crippen LogP contribution in [0.2, 0.25) is 0 Å². The molecule has 1 heterocycles. The van der Waals surface area contributed by atoms with Crippen LogP contribution in [0.25, 0.3) is 5.69 Å². The van der Waals surface area contributed by atoms with E-state index in [2.05, 4.69) is 29.5 Å². The molecule has 25 heavy (non-hydrogen) atoms. The summed E-state index contributed by atoms with van der Waals surface area (Å²) in [6, 6.07) is 7.78. The van der Waals surface area contributed by atoms with Crippen molar-refractivity contribution in [2.45, 2.75) is 52.0 Å². The minimum absolute atomic E-state index is 0.0746. The van der Waals surface area contributed by atoms with Crippen molar-refractivity contribution in [3.63, 3.8) is 0 Å². The molecular weight excluding hydrogens is 316 g/mol. The van der Waals surface area contributed by atoms with E-state index in [1.165, 1.54) is 5.56 Å². The lowest BCUT2D eigenvalue weighted by atomic mass is 10.0. The molecule has 1 amide bonds. The van der Waals surface area contributed by atoms with E-state index in [-0.39, 0.29) is 18.6 Å². The Kier molecular flexibility index (Phi) is 5.18. The van der Waals surface area contributed by atoms with Crippen LogP contribution in [0, 0.1) is 12.8 Å². The SMILES string of the molecule is Cc1ccc(-n2nnc(C(=O)NC(CO)CC(C)C)c2C2CC2)cc1. The summed E-state index contributed by atoms with van der Waals surface area (Å²) in [7, 11) is 0. The fourth-order valence-electron chi connectivity index (χ4n) is 3.05. The number of aliphatic hydroxyl groups excluding tert-OH is 1. The van der Waals surface area contributed by atoms with Crippen LogP contribution in [0.5, 0.6) is 0 Å². The van der Waals surface area contributed by atoms with Gasteiger partial charge < -0.3 is 10.4 Å². The molecule has 2 aromatic rings. The molecule has 0 spiro atoms. The van der Waals surface area contributed by atoms with Crippen molar-refractivity contribution < 1.29 is 9.90 Å². The van der Waals surface area contributed by atoms with Gasteiger partial charge in [-0.05, 0) is 44.2 Å². The third-order valence-corrected chi connectivity index (χ3v) is 4.47. The maximum atomic E-state index is 12.7. The molecule has 1 aromatic carbocycles. The summed E-state index contributed by atoms with van der Waals surface area (Å²) in [5.74, 6) is 0.471. The van der Waals surface area contributed by atoms with Gasteiger partial charge in [-0.3, -0.25) is 4.79 Å². The van der Waals surface area contributed by atoms with Gasteiger partial charge in [0.1, 0.15) is 0 Å². The van der Waals surface area contributed by atoms with E-state index in [1.54, 1.807) is 4.68 Å². The molecule has 6 nitrogen and oxygen atoms in total. The molecule has 1 fully saturated rings. The van der Waals surface area contributed by atoms with E-state index < -0.39 is 0 Å². The van der Waals surface area contributed by atoms with Gasteiger partial charge in [0.2, 0.25) is 0 Å². The van der Waals surface area contributed by atoms with Gasteiger partial charge in [-0.15, -0.1) is 5.10 Å². The summed E-state index contributed by atoms with van der Waals surface area (Å²) >= 11 is 0. The highest BCUT2D eigenvalue weighted by atomic mass is 16.3. The van der Waals surface area contributed by atoms with Crippen molar-refractivity contribution in [2.24, 2.45) is 5.92 Å². The topological polar surface area (TPSA) is 80.0 Å². The van der Waals surface area contributed by atoms with E-state index in [4.69, 9.17) is 0 Å². The molecule has 1 aromatic heterocycles. The summed E-state index contributed by atoms with van der Waals surface area (Å²) in [4.78, 5) is 12.7.